The van der Waals surface area contributed by atoms with Crippen molar-refractivity contribution in [3.8, 4) is 0 Å². The lowest BCUT2D eigenvalue weighted by Crippen LogP contribution is -2.37. The lowest BCUT2D eigenvalue weighted by Gasteiger charge is -2.31. The molecular formula is C28H39N3O2S. The van der Waals surface area contributed by atoms with E-state index >= 15 is 0 Å². The maximum atomic E-state index is 11.9. The lowest BCUT2D eigenvalue weighted by molar-refractivity contribution is -0.132. The van der Waals surface area contributed by atoms with Gasteiger partial charge in [-0.3, -0.25) is 9.59 Å². The first-order chi connectivity index (χ1) is 16.5. The van der Waals surface area contributed by atoms with Crippen molar-refractivity contribution in [3.05, 3.63) is 64.3 Å². The Balaban J connectivity index is 0.000000202. The number of rotatable bonds is 6. The van der Waals surface area contributed by atoms with E-state index in [9.17, 15) is 9.59 Å². The predicted octanol–water partition coefficient (Wildman–Crippen LogP) is 6.28. The Morgan fingerprint density at radius 2 is 1.88 bits per heavy atom. The third kappa shape index (κ3) is 7.52. The first kappa shape index (κ1) is 26.1. The average Bonchev–Trinajstić information content (AvgIpc) is 3.27. The summed E-state index contributed by atoms with van der Waals surface area (Å²) >= 11 is 1.56. The Hall–Kier alpha value is -2.47. The van der Waals surface area contributed by atoms with Gasteiger partial charge >= 0.3 is 0 Å². The van der Waals surface area contributed by atoms with Gasteiger partial charge in [-0.15, -0.1) is 17.9 Å². The van der Waals surface area contributed by atoms with Crippen molar-refractivity contribution in [1.29, 1.82) is 0 Å². The molecule has 3 aliphatic rings. The zero-order valence-electron chi connectivity index (χ0n) is 20.8. The summed E-state index contributed by atoms with van der Waals surface area (Å²) in [4.78, 5) is 32.1. The van der Waals surface area contributed by atoms with Crippen LogP contribution in [0.2, 0.25) is 0 Å². The molecule has 0 atom stereocenters. The summed E-state index contributed by atoms with van der Waals surface area (Å²) in [5.74, 6) is 0.619. The highest BCUT2D eigenvalue weighted by molar-refractivity contribution is 7.09. The quantitative estimate of drug-likeness (QED) is 0.354. The van der Waals surface area contributed by atoms with Crippen LogP contribution in [0.4, 0.5) is 0 Å². The zero-order chi connectivity index (χ0) is 24.3. The van der Waals surface area contributed by atoms with Crippen LogP contribution in [0.5, 0.6) is 0 Å². The van der Waals surface area contributed by atoms with Crippen LogP contribution in [0.25, 0.3) is 0 Å². The smallest absolute Gasteiger partial charge is 0.222 e. The van der Waals surface area contributed by atoms with Crippen LogP contribution in [0.3, 0.4) is 0 Å². The van der Waals surface area contributed by atoms with Gasteiger partial charge in [0.05, 0.1) is 5.01 Å². The third-order valence-corrected chi connectivity index (χ3v) is 7.75. The van der Waals surface area contributed by atoms with Crippen molar-refractivity contribution in [2.75, 3.05) is 26.2 Å². The number of hydrogen-bond donors (Lipinski definition) is 0. The van der Waals surface area contributed by atoms with E-state index < -0.39 is 0 Å². The predicted molar refractivity (Wildman–Crippen MR) is 141 cm³/mol. The molecule has 1 aliphatic carbocycles. The normalized spacial score (nSPS) is 18.9. The van der Waals surface area contributed by atoms with Crippen LogP contribution >= 0.6 is 11.3 Å². The molecule has 34 heavy (non-hydrogen) atoms. The largest absolute Gasteiger partial charge is 0.374 e. The summed E-state index contributed by atoms with van der Waals surface area (Å²) in [6.07, 6.45) is 19.0. The molecule has 0 saturated carbocycles. The number of thiazole rings is 1. The van der Waals surface area contributed by atoms with E-state index in [-0.39, 0.29) is 11.7 Å². The molecule has 1 amide bonds. The molecule has 0 spiro atoms. The van der Waals surface area contributed by atoms with E-state index in [4.69, 9.17) is 0 Å². The van der Waals surface area contributed by atoms with E-state index in [1.54, 1.807) is 24.3 Å². The topological polar surface area (TPSA) is 53.5 Å². The van der Waals surface area contributed by atoms with E-state index in [0.717, 1.165) is 43.8 Å². The Labute approximate surface area is 208 Å². The van der Waals surface area contributed by atoms with Crippen molar-refractivity contribution in [1.82, 2.24) is 14.8 Å². The van der Waals surface area contributed by atoms with Gasteiger partial charge in [0.15, 0.2) is 5.78 Å². The monoisotopic (exact) mass is 481 g/mol. The first-order valence-corrected chi connectivity index (χ1v) is 13.5. The van der Waals surface area contributed by atoms with Crippen LogP contribution in [0.15, 0.2) is 53.6 Å². The van der Waals surface area contributed by atoms with Gasteiger partial charge in [-0.05, 0) is 51.0 Å². The van der Waals surface area contributed by atoms with Crippen molar-refractivity contribution in [2.24, 2.45) is 0 Å². The minimum Gasteiger partial charge on any atom is -0.374 e. The summed E-state index contributed by atoms with van der Waals surface area (Å²) in [5.41, 5.74) is 3.54. The summed E-state index contributed by atoms with van der Waals surface area (Å²) in [7, 11) is 0. The van der Waals surface area contributed by atoms with Crippen molar-refractivity contribution < 1.29 is 9.59 Å². The maximum absolute atomic E-state index is 11.9. The van der Waals surface area contributed by atoms with Crippen LogP contribution < -0.4 is 0 Å². The van der Waals surface area contributed by atoms with E-state index in [1.807, 2.05) is 10.3 Å². The van der Waals surface area contributed by atoms with Gasteiger partial charge in [-0.2, -0.15) is 0 Å². The van der Waals surface area contributed by atoms with Crippen molar-refractivity contribution in [3.63, 3.8) is 0 Å². The van der Waals surface area contributed by atoms with E-state index in [2.05, 4.69) is 47.7 Å². The molecule has 1 aromatic heterocycles. The average molecular weight is 482 g/mol. The van der Waals surface area contributed by atoms with Crippen molar-refractivity contribution >= 4 is 23.0 Å². The SMILES string of the molecule is C=CCCC(=O)N1CCC(c2nc(C(C)=O)cs2)CC1.CC1=C(N2CCCCC2)CC=CC=C1. The highest BCUT2D eigenvalue weighted by Crippen LogP contribution is 2.30. The Morgan fingerprint density at radius 1 is 1.15 bits per heavy atom. The molecule has 2 fully saturated rings. The van der Waals surface area contributed by atoms with Gasteiger partial charge in [0, 0.05) is 62.9 Å². The molecule has 2 saturated heterocycles. The molecule has 5 nitrogen and oxygen atoms in total. The molecule has 6 heteroatoms. The third-order valence-electron chi connectivity index (χ3n) is 6.74. The molecule has 0 N–H and O–H groups in total. The fraction of sp³-hybridized carbons (Fsp3) is 0.536. The maximum Gasteiger partial charge on any atom is 0.222 e. The van der Waals surface area contributed by atoms with Crippen LogP contribution in [-0.2, 0) is 4.79 Å². The highest BCUT2D eigenvalue weighted by Gasteiger charge is 2.25. The molecule has 1 aromatic rings. The Morgan fingerprint density at radius 3 is 2.53 bits per heavy atom. The number of hydrogen-bond acceptors (Lipinski definition) is 5. The second kappa shape index (κ2) is 13.4. The number of nitrogens with zero attached hydrogens (tertiary/aromatic N) is 3. The molecule has 0 unspecified atom stereocenters. The van der Waals surface area contributed by atoms with Gasteiger partial charge in [0.25, 0.3) is 0 Å². The molecular weight excluding hydrogens is 442 g/mol. The first-order valence-electron chi connectivity index (χ1n) is 12.6. The van der Waals surface area contributed by atoms with Gasteiger partial charge < -0.3 is 9.80 Å². The second-order valence-electron chi connectivity index (χ2n) is 9.28. The lowest BCUT2D eigenvalue weighted by atomic mass is 9.97. The van der Waals surface area contributed by atoms with Gasteiger partial charge in [-0.25, -0.2) is 4.98 Å². The molecule has 0 bridgehead atoms. The number of likely N-dealkylation sites (tertiary alicyclic amines) is 2. The summed E-state index contributed by atoms with van der Waals surface area (Å²) in [5, 5.41) is 2.87. The number of amides is 1. The van der Waals surface area contributed by atoms with Crippen LogP contribution in [0.1, 0.15) is 86.6 Å². The molecule has 4 rings (SSSR count). The number of piperidine rings is 2. The minimum atomic E-state index is 0.0181. The second-order valence-corrected chi connectivity index (χ2v) is 10.2. The van der Waals surface area contributed by atoms with Gasteiger partial charge in [0.1, 0.15) is 5.69 Å². The van der Waals surface area contributed by atoms with Gasteiger partial charge in [0.2, 0.25) is 5.91 Å². The number of allylic oxidation sites excluding steroid dienone is 6. The number of aromatic nitrogens is 1. The van der Waals surface area contributed by atoms with Crippen LogP contribution in [0, 0.1) is 0 Å². The fourth-order valence-corrected chi connectivity index (χ4v) is 5.68. The fourth-order valence-electron chi connectivity index (χ4n) is 4.65. The number of carbonyl (C=O) groups is 2. The molecule has 184 valence electrons. The van der Waals surface area contributed by atoms with E-state index in [0.29, 0.717) is 18.0 Å². The summed E-state index contributed by atoms with van der Waals surface area (Å²) in [6.45, 7) is 11.5. The number of carbonyl (C=O) groups excluding carboxylic acids is 2. The highest BCUT2D eigenvalue weighted by atomic mass is 32.1. The van der Waals surface area contributed by atoms with E-state index in [1.165, 1.54) is 43.6 Å². The molecule has 2 aliphatic heterocycles. The molecule has 0 aromatic carbocycles. The summed E-state index contributed by atoms with van der Waals surface area (Å²) in [6, 6.07) is 0. The minimum absolute atomic E-state index is 0.0181. The number of Topliss-reactive ketones (excluding diaryl/α,β-unsaturated/α-hetero) is 1. The van der Waals surface area contributed by atoms with Gasteiger partial charge in [-0.1, -0.05) is 30.4 Å². The molecule has 0 radical (unpaired) electrons. The standard InChI is InChI=1S/C15H20N2O2S.C13H19N/c1-3-4-5-14(19)17-8-6-12(7-9-17)15-16-13(10-20-15)11(2)18;1-12-8-4-2-5-9-13(12)14-10-6-3-7-11-14/h3,10,12H,1,4-9H2,2H3;2,4-5,8H,3,6-7,9-11H2,1H3. The zero-order valence-corrected chi connectivity index (χ0v) is 21.6. The Kier molecular flexibility index (Phi) is 10.3. The molecule has 3 heterocycles. The number of ketones is 1. The van der Waals surface area contributed by atoms with Crippen LogP contribution in [-0.4, -0.2) is 52.7 Å². The Bertz CT molecular complexity index is 929. The summed E-state index contributed by atoms with van der Waals surface area (Å²) < 4.78 is 0. The van der Waals surface area contributed by atoms with Crippen molar-refractivity contribution in [2.45, 2.75) is 71.1 Å².